The smallest absolute Gasteiger partial charge is 0.0642 e. The minimum atomic E-state index is 0.710. The first-order valence-corrected chi connectivity index (χ1v) is 7.87. The van der Waals surface area contributed by atoms with E-state index in [1.54, 1.807) is 0 Å². The molecule has 0 N–H and O–H groups in total. The number of rotatable bonds is 3. The lowest BCUT2D eigenvalue weighted by Crippen LogP contribution is -2.42. The number of piperidine rings is 1. The summed E-state index contributed by atoms with van der Waals surface area (Å²) in [6.45, 7) is 2.19. The molecule has 1 heterocycles. The molecule has 0 aromatic heterocycles. The molecule has 0 bridgehead atoms. The van der Waals surface area contributed by atoms with Crippen LogP contribution in [0.4, 0.5) is 5.69 Å². The Balaban J connectivity index is 2.05. The third-order valence-corrected chi connectivity index (χ3v) is 4.65. The fourth-order valence-electron chi connectivity index (χ4n) is 2.51. The van der Waals surface area contributed by atoms with Crippen LogP contribution in [0.3, 0.4) is 0 Å². The molecule has 0 aliphatic carbocycles. The van der Waals surface area contributed by atoms with Crippen molar-refractivity contribution in [3.8, 4) is 0 Å². The lowest BCUT2D eigenvalue weighted by molar-refractivity contribution is 0.249. The molecule has 1 aromatic rings. The first-order valence-electron chi connectivity index (χ1n) is 6.37. The van der Waals surface area contributed by atoms with Crippen LogP contribution in [-0.4, -0.2) is 38.1 Å². The number of halogens is 2. The standard InChI is InChI=1S/C14H20BrClN2/c1-17(2)12-5-7-18(8-6-12)14-4-3-11(10-15)9-13(14)16/h3-4,9,12H,5-8,10H2,1-2H3. The third-order valence-electron chi connectivity index (χ3n) is 3.70. The third kappa shape index (κ3) is 3.19. The number of hydrogen-bond acceptors (Lipinski definition) is 2. The van der Waals surface area contributed by atoms with Crippen LogP contribution in [0.1, 0.15) is 18.4 Å². The van der Waals surface area contributed by atoms with Gasteiger partial charge < -0.3 is 9.80 Å². The van der Waals surface area contributed by atoms with E-state index in [0.717, 1.165) is 23.4 Å². The van der Waals surface area contributed by atoms with Crippen molar-refractivity contribution in [3.63, 3.8) is 0 Å². The van der Waals surface area contributed by atoms with Gasteiger partial charge in [-0.2, -0.15) is 0 Å². The van der Waals surface area contributed by atoms with Crippen molar-refractivity contribution in [2.75, 3.05) is 32.1 Å². The predicted octanol–water partition coefficient (Wildman–Crippen LogP) is 3.77. The van der Waals surface area contributed by atoms with Gasteiger partial charge in [0.15, 0.2) is 0 Å². The van der Waals surface area contributed by atoms with Gasteiger partial charge in [-0.05, 0) is 44.6 Å². The maximum absolute atomic E-state index is 6.37. The average molecular weight is 332 g/mol. The lowest BCUT2D eigenvalue weighted by atomic mass is 10.0. The zero-order valence-corrected chi connectivity index (χ0v) is 13.3. The molecule has 0 radical (unpaired) electrons. The molecule has 18 heavy (non-hydrogen) atoms. The van der Waals surface area contributed by atoms with E-state index < -0.39 is 0 Å². The Bertz CT molecular complexity index is 401. The molecule has 1 saturated heterocycles. The van der Waals surface area contributed by atoms with Crippen molar-refractivity contribution in [3.05, 3.63) is 28.8 Å². The quantitative estimate of drug-likeness (QED) is 0.778. The second-order valence-electron chi connectivity index (χ2n) is 5.10. The summed E-state index contributed by atoms with van der Waals surface area (Å²) in [7, 11) is 4.33. The summed E-state index contributed by atoms with van der Waals surface area (Å²) in [6.07, 6.45) is 2.42. The molecule has 0 saturated carbocycles. The molecule has 2 rings (SSSR count). The van der Waals surface area contributed by atoms with Crippen molar-refractivity contribution in [1.82, 2.24) is 4.90 Å². The number of alkyl halides is 1. The Labute approximate surface area is 123 Å². The van der Waals surface area contributed by atoms with Crippen molar-refractivity contribution in [1.29, 1.82) is 0 Å². The molecular formula is C14H20BrClN2. The van der Waals surface area contributed by atoms with Gasteiger partial charge in [0.25, 0.3) is 0 Å². The molecule has 100 valence electrons. The molecular weight excluding hydrogens is 312 g/mol. The highest BCUT2D eigenvalue weighted by Crippen LogP contribution is 2.30. The van der Waals surface area contributed by atoms with Crippen molar-refractivity contribution >= 4 is 33.2 Å². The molecule has 1 fully saturated rings. The van der Waals surface area contributed by atoms with Crippen LogP contribution in [0.5, 0.6) is 0 Å². The summed E-state index contributed by atoms with van der Waals surface area (Å²) in [6, 6.07) is 7.06. The molecule has 0 unspecified atom stereocenters. The topological polar surface area (TPSA) is 6.48 Å². The summed E-state index contributed by atoms with van der Waals surface area (Å²) in [5.41, 5.74) is 2.41. The molecule has 0 amide bonds. The van der Waals surface area contributed by atoms with Crippen LogP contribution in [0.2, 0.25) is 5.02 Å². The second kappa shape index (κ2) is 6.27. The second-order valence-corrected chi connectivity index (χ2v) is 6.07. The van der Waals surface area contributed by atoms with Gasteiger partial charge in [-0.15, -0.1) is 0 Å². The Morgan fingerprint density at radius 2 is 2.00 bits per heavy atom. The fraction of sp³-hybridized carbons (Fsp3) is 0.571. The Morgan fingerprint density at radius 3 is 2.50 bits per heavy atom. The predicted molar refractivity (Wildman–Crippen MR) is 83.0 cm³/mol. The minimum Gasteiger partial charge on any atom is -0.370 e. The monoisotopic (exact) mass is 330 g/mol. The molecule has 2 nitrogen and oxygen atoms in total. The van der Waals surface area contributed by atoms with E-state index in [1.165, 1.54) is 24.1 Å². The highest BCUT2D eigenvalue weighted by Gasteiger charge is 2.21. The Kier molecular flexibility index (Phi) is 4.93. The number of nitrogens with zero attached hydrogens (tertiary/aromatic N) is 2. The van der Waals surface area contributed by atoms with E-state index in [4.69, 9.17) is 11.6 Å². The molecule has 1 aliphatic heterocycles. The fourth-order valence-corrected chi connectivity index (χ4v) is 3.18. The van der Waals surface area contributed by atoms with Crippen LogP contribution in [0.25, 0.3) is 0 Å². The summed E-state index contributed by atoms with van der Waals surface area (Å²) in [5.74, 6) is 0. The van der Waals surface area contributed by atoms with Crippen molar-refractivity contribution < 1.29 is 0 Å². The van der Waals surface area contributed by atoms with E-state index >= 15 is 0 Å². The van der Waals surface area contributed by atoms with Gasteiger partial charge in [0.1, 0.15) is 0 Å². The average Bonchev–Trinajstić information content (AvgIpc) is 2.38. The van der Waals surface area contributed by atoms with E-state index in [-0.39, 0.29) is 0 Å². The van der Waals surface area contributed by atoms with Crippen LogP contribution in [-0.2, 0) is 5.33 Å². The normalized spacial score (nSPS) is 17.5. The molecule has 1 aromatic carbocycles. The van der Waals surface area contributed by atoms with Crippen LogP contribution in [0, 0.1) is 0 Å². The summed E-state index contributed by atoms with van der Waals surface area (Å²) < 4.78 is 0. The van der Waals surface area contributed by atoms with Crippen molar-refractivity contribution in [2.45, 2.75) is 24.2 Å². The molecule has 4 heteroatoms. The van der Waals surface area contributed by atoms with Gasteiger partial charge in [0, 0.05) is 24.5 Å². The first-order chi connectivity index (χ1) is 8.61. The lowest BCUT2D eigenvalue weighted by Gasteiger charge is -2.36. The SMILES string of the molecule is CN(C)C1CCN(c2ccc(CBr)cc2Cl)CC1. The van der Waals surface area contributed by atoms with Crippen LogP contribution >= 0.6 is 27.5 Å². The molecule has 0 spiro atoms. The molecule has 0 atom stereocenters. The maximum Gasteiger partial charge on any atom is 0.0642 e. The summed E-state index contributed by atoms with van der Waals surface area (Å²) >= 11 is 9.83. The highest BCUT2D eigenvalue weighted by atomic mass is 79.9. The van der Waals surface area contributed by atoms with Gasteiger partial charge in [0.2, 0.25) is 0 Å². The van der Waals surface area contributed by atoms with E-state index in [2.05, 4.69) is 58.0 Å². The van der Waals surface area contributed by atoms with Gasteiger partial charge in [-0.25, -0.2) is 0 Å². The van der Waals surface area contributed by atoms with E-state index in [0.29, 0.717) is 6.04 Å². The van der Waals surface area contributed by atoms with Crippen molar-refractivity contribution in [2.24, 2.45) is 0 Å². The van der Waals surface area contributed by atoms with Crippen LogP contribution in [0.15, 0.2) is 18.2 Å². The van der Waals surface area contributed by atoms with E-state index in [1.807, 2.05) is 0 Å². The van der Waals surface area contributed by atoms with Gasteiger partial charge in [0.05, 0.1) is 10.7 Å². The van der Waals surface area contributed by atoms with Gasteiger partial charge >= 0.3 is 0 Å². The zero-order valence-electron chi connectivity index (χ0n) is 11.0. The van der Waals surface area contributed by atoms with Crippen LogP contribution < -0.4 is 4.90 Å². The summed E-state index contributed by atoms with van der Waals surface area (Å²) in [5, 5.41) is 1.73. The Hall–Kier alpha value is -0.250. The Morgan fingerprint density at radius 1 is 1.33 bits per heavy atom. The first kappa shape index (κ1) is 14.2. The molecule has 1 aliphatic rings. The number of benzene rings is 1. The minimum absolute atomic E-state index is 0.710. The van der Waals surface area contributed by atoms with Gasteiger partial charge in [-0.1, -0.05) is 33.6 Å². The highest BCUT2D eigenvalue weighted by molar-refractivity contribution is 9.08. The van der Waals surface area contributed by atoms with E-state index in [9.17, 15) is 0 Å². The zero-order chi connectivity index (χ0) is 13.1. The largest absolute Gasteiger partial charge is 0.370 e. The number of anilines is 1. The summed E-state index contributed by atoms with van der Waals surface area (Å²) in [4.78, 5) is 4.73. The van der Waals surface area contributed by atoms with Gasteiger partial charge in [-0.3, -0.25) is 0 Å². The number of hydrogen-bond donors (Lipinski definition) is 0. The maximum atomic E-state index is 6.37.